The maximum atomic E-state index is 11.2. The summed E-state index contributed by atoms with van der Waals surface area (Å²) in [5.74, 6) is 5.02. The number of oxime groups is 1. The molecule has 4 heterocycles. The molecule has 0 saturated heterocycles. The lowest BCUT2D eigenvalue weighted by Gasteiger charge is -2.16. The number of aromatic nitrogens is 8. The number of aldehydes is 2. The van der Waals surface area contributed by atoms with Crippen molar-refractivity contribution >= 4 is 88.4 Å². The lowest BCUT2D eigenvalue weighted by molar-refractivity contribution is 0.111. The van der Waals surface area contributed by atoms with E-state index in [9.17, 15) is 19.2 Å². The highest BCUT2D eigenvalue weighted by atomic mass is 35.5. The molecule has 3 N–H and O–H groups in total. The Kier molecular flexibility index (Phi) is 55.8. The Morgan fingerprint density at radius 3 is 1.05 bits per heavy atom. The Labute approximate surface area is 684 Å². The van der Waals surface area contributed by atoms with Crippen molar-refractivity contribution in [3.8, 4) is 6.07 Å². The molecule has 4 aromatic heterocycles. The first-order valence-corrected chi connectivity index (χ1v) is 37.2. The van der Waals surface area contributed by atoms with Gasteiger partial charge in [-0.25, -0.2) is 19.9 Å². The SMILES string of the molecule is C.C.C.CCO.Cc1cc(C)c(CCl)c(C)c1.Cc1cc(C)c(CCl)c(C)c1C=O.Cc1cc(C)c(Cn2ccnc2C)c(C)c1/C=N/O.Cc1cc(C)c(Cn2ccnc2C)c(C)c1C#[N+][O-].Cc1cc(C)c(Cn2ccnc2C)c(C)c1C=O.Cc1cc(C)cc(C)c1.Cc1ncc[nH]1.ClCCl.ClCCl.[2H]CF. The van der Waals surface area contributed by atoms with Crippen LogP contribution in [0.4, 0.5) is 4.39 Å². The first kappa shape index (κ1) is 105. The van der Waals surface area contributed by atoms with Gasteiger partial charge in [0.2, 0.25) is 0 Å². The topological polar surface area (TPSA) is 197 Å². The highest BCUT2D eigenvalue weighted by Gasteiger charge is 2.16. The molecule has 0 amide bonds. The molecule has 0 unspecified atom stereocenters. The fourth-order valence-electron chi connectivity index (χ4n) is 11.9. The monoisotopic (exact) mass is 1620 g/mol. The van der Waals surface area contributed by atoms with Crippen molar-refractivity contribution in [2.75, 3.05) is 24.4 Å². The van der Waals surface area contributed by atoms with E-state index in [0.717, 1.165) is 133 Å². The second-order valence-corrected chi connectivity index (χ2v) is 27.2. The maximum absolute atomic E-state index is 11.2. The van der Waals surface area contributed by atoms with Crippen molar-refractivity contribution in [1.29, 1.82) is 0 Å². The van der Waals surface area contributed by atoms with Gasteiger partial charge in [-0.3, -0.25) is 14.0 Å². The number of benzene rings is 6. The van der Waals surface area contributed by atoms with Crippen LogP contribution in [0.15, 0.2) is 109 Å². The van der Waals surface area contributed by atoms with E-state index in [4.69, 9.17) is 81.3 Å². The van der Waals surface area contributed by atoms with Crippen LogP contribution in [-0.4, -0.2) is 92.2 Å². The summed E-state index contributed by atoms with van der Waals surface area (Å²) >= 11 is 30.6. The zero-order chi connectivity index (χ0) is 81.8. The minimum absolute atomic E-state index is 0. The second-order valence-electron chi connectivity index (χ2n) is 25.1. The van der Waals surface area contributed by atoms with Gasteiger partial charge in [0.15, 0.2) is 12.6 Å². The third-order valence-corrected chi connectivity index (χ3v) is 17.7. The molecule has 10 rings (SSSR count). The van der Waals surface area contributed by atoms with Gasteiger partial charge >= 0.3 is 6.07 Å². The fourth-order valence-corrected chi connectivity index (χ4v) is 12.8. The molecular weight excluding hydrogens is 1500 g/mol. The number of alkyl halides is 7. The number of aromatic amines is 1. The maximum Gasteiger partial charge on any atom is 0.337 e. The molecule has 6 aromatic carbocycles. The average Bonchev–Trinajstić information content (AvgIpc) is 1.27. The van der Waals surface area contributed by atoms with Crippen LogP contribution < -0.4 is 0 Å². The molecule has 0 aliphatic heterocycles. The third-order valence-electron chi connectivity index (χ3n) is 17.1. The molecule has 22 heteroatoms. The number of hydrogen-bond acceptors (Lipinski definition) is 10. The number of nitrogens with zero attached hydrogens (tertiary/aromatic N) is 9. The van der Waals surface area contributed by atoms with Gasteiger partial charge in [0.1, 0.15) is 28.9 Å². The number of aliphatic hydroxyl groups is 1. The summed E-state index contributed by atoms with van der Waals surface area (Å²) in [7, 11) is -1.00. The molecule has 0 aliphatic rings. The normalized spacial score (nSPS) is 9.70. The number of nitrogens with one attached hydrogen (secondary N) is 1. The third kappa shape index (κ3) is 36.1. The largest absolute Gasteiger partial charge is 0.498 e. The predicted octanol–water partition coefficient (Wildman–Crippen LogP) is 24.5. The van der Waals surface area contributed by atoms with Crippen molar-refractivity contribution in [2.24, 2.45) is 5.16 Å². The molecule has 109 heavy (non-hydrogen) atoms. The number of imidazole rings is 4. The van der Waals surface area contributed by atoms with Crippen LogP contribution in [0, 0.1) is 164 Å². The van der Waals surface area contributed by atoms with Crippen LogP contribution in [0.3, 0.4) is 0 Å². The molecule has 0 aliphatic carbocycles. The van der Waals surface area contributed by atoms with E-state index in [0.29, 0.717) is 11.8 Å². The smallest absolute Gasteiger partial charge is 0.337 e. The molecule has 0 atom stereocenters. The average molecular weight is 1620 g/mol. The molecular formula is C87H123Cl6FN10O5. The summed E-state index contributed by atoms with van der Waals surface area (Å²) in [6.45, 7) is 49.1. The van der Waals surface area contributed by atoms with Crippen LogP contribution in [0.2, 0.25) is 0 Å². The van der Waals surface area contributed by atoms with Crippen molar-refractivity contribution in [3.05, 3.63) is 288 Å². The zero-order valence-electron chi connectivity index (χ0n) is 67.2. The number of halogens is 7. The Bertz CT molecular complexity index is 4340. The zero-order valence-corrected chi connectivity index (χ0v) is 70.7. The number of aliphatic hydroxyl groups excluding tert-OH is 1. The summed E-state index contributed by atoms with van der Waals surface area (Å²) in [6, 6.07) is 21.7. The van der Waals surface area contributed by atoms with Gasteiger partial charge in [0.25, 0.3) is 0 Å². The quantitative estimate of drug-likeness (QED) is 0.0371. The molecule has 10 aromatic rings. The number of carbonyl (C=O) groups is 2. The van der Waals surface area contributed by atoms with E-state index in [1.807, 2.05) is 114 Å². The van der Waals surface area contributed by atoms with Crippen LogP contribution in [0.25, 0.3) is 5.01 Å². The van der Waals surface area contributed by atoms with Gasteiger partial charge in [0, 0.05) is 109 Å². The van der Waals surface area contributed by atoms with E-state index in [-0.39, 0.29) is 39.6 Å². The predicted molar refractivity (Wildman–Crippen MR) is 468 cm³/mol. The summed E-state index contributed by atoms with van der Waals surface area (Å²) < 4.78 is 21.8. The van der Waals surface area contributed by atoms with Crippen LogP contribution in [0.5, 0.6) is 0 Å². The molecule has 0 bridgehead atoms. The molecule has 15 nitrogen and oxygen atoms in total. The Hall–Kier alpha value is -8.11. The summed E-state index contributed by atoms with van der Waals surface area (Å²) in [6.07, 6.45) is 18.2. The Morgan fingerprint density at radius 1 is 0.477 bits per heavy atom. The molecule has 0 saturated carbocycles. The van der Waals surface area contributed by atoms with Crippen molar-refractivity contribution in [3.63, 3.8) is 0 Å². The van der Waals surface area contributed by atoms with Crippen molar-refractivity contribution < 1.29 is 25.7 Å². The molecule has 0 spiro atoms. The lowest BCUT2D eigenvalue weighted by atomic mass is 9.94. The highest BCUT2D eigenvalue weighted by Crippen LogP contribution is 2.27. The summed E-state index contributed by atoms with van der Waals surface area (Å²) in [5.41, 5.74) is 30.8. The minimum Gasteiger partial charge on any atom is -0.498 e. The minimum atomic E-state index is -1.00. The first-order chi connectivity index (χ1) is 50.6. The van der Waals surface area contributed by atoms with Crippen LogP contribution >= 0.6 is 69.6 Å². The van der Waals surface area contributed by atoms with Gasteiger partial charge in [-0.1, -0.05) is 104 Å². The van der Waals surface area contributed by atoms with Gasteiger partial charge in [0.05, 0.1) is 25.4 Å². The van der Waals surface area contributed by atoms with Gasteiger partial charge < -0.3 is 34.2 Å². The number of hydrogen-bond donors (Lipinski definition) is 3. The molecule has 600 valence electrons. The number of aryl methyl sites for hydroxylation is 18. The molecule has 0 fully saturated rings. The number of carbonyl (C=O) groups excluding carboxylic acids is 2. The Balaban J connectivity index is -0.000000590. The fraction of sp³-hybridized carbons (Fsp3) is 0.402. The van der Waals surface area contributed by atoms with E-state index < -0.39 is 7.15 Å². The van der Waals surface area contributed by atoms with Crippen LogP contribution in [-0.2, 0) is 31.4 Å². The number of H-pyrrole nitrogens is 1. The van der Waals surface area contributed by atoms with Gasteiger partial charge in [-0.05, 0) is 265 Å². The van der Waals surface area contributed by atoms with E-state index in [1.54, 1.807) is 31.7 Å². The first-order valence-electron chi connectivity index (χ1n) is 34.7. The highest BCUT2D eigenvalue weighted by molar-refractivity contribution is 6.41. The second kappa shape index (κ2) is 57.9. The van der Waals surface area contributed by atoms with E-state index >= 15 is 0 Å². The van der Waals surface area contributed by atoms with Gasteiger partial charge in [-0.2, -0.15) is 0 Å². The number of rotatable bonds is 11. The van der Waals surface area contributed by atoms with Crippen molar-refractivity contribution in [1.82, 2.24) is 38.6 Å². The summed E-state index contributed by atoms with van der Waals surface area (Å²) in [4.78, 5) is 41.4. The van der Waals surface area contributed by atoms with Crippen molar-refractivity contribution in [2.45, 2.75) is 213 Å². The lowest BCUT2D eigenvalue weighted by Crippen LogP contribution is -2.07. The van der Waals surface area contributed by atoms with Gasteiger partial charge in [-0.15, -0.1) is 69.6 Å². The molecule has 0 radical (unpaired) electrons. The Morgan fingerprint density at radius 2 is 0.771 bits per heavy atom. The van der Waals surface area contributed by atoms with E-state index in [1.165, 1.54) is 78.5 Å². The summed E-state index contributed by atoms with van der Waals surface area (Å²) in [5, 5.41) is 33.2. The van der Waals surface area contributed by atoms with Crippen LogP contribution in [0.1, 0.15) is 214 Å². The standard InChI is InChI=1S/C15H19N3O.C15H17N3O.C15H18N2O.C11H13ClO.C10H13Cl.C9H12.C4H6N2.C2H6O.2CH2Cl2.CH3F.3CH4/c2*1-10-7-11(2)15(12(3)14(10)8-17-19)9-18-6-5-16-13(18)4;1-10-7-11(2)15(9-18)12(3)14(10)8-17-6-5-16-13(17)4;1-7-4-8(2)11(6-13)9(3)10(7)5-12;1-7-4-8(2)10(6-11)9(3)5-7;1-7-4-8(2)6-9(3)5-7;1-4-5-2-3-6-4;1-2-3;2*2-1-3;1-2;;;/h5-8,19H,9H2,1-4H3;5-7H,9H2,1-4H3;5-7,9H,8H2,1-4H3;4,6H,5H2,1-3H3;4-5H,6H2,1-3H3;4-6H,1-3H3;2-3H,1H3,(H,5,6);3H,2H2,1H3;2*1H2;1H3;3*1H4/b17-8+;;;;;;;;;;;;;/i;;;;;;;;;;1D;;;. The van der Waals surface area contributed by atoms with E-state index in [2.05, 4.69) is 173 Å².